The number of thiazole rings is 1. The molecule has 120 valence electrons. The molecular weight excluding hydrogens is 352 g/mol. The molecule has 0 atom stereocenters. The first-order valence-electron chi connectivity index (χ1n) is 7.00. The van der Waals surface area contributed by atoms with Crippen molar-refractivity contribution in [3.05, 3.63) is 50.0 Å². The minimum Gasteiger partial charge on any atom is -0.305 e. The predicted octanol–water partition coefficient (Wildman–Crippen LogP) is 3.46. The number of nitrogens with zero attached hydrogens (tertiary/aromatic N) is 4. The van der Waals surface area contributed by atoms with Gasteiger partial charge >= 0.3 is 4.87 Å². The van der Waals surface area contributed by atoms with Gasteiger partial charge in [-0.25, -0.2) is 0 Å². The molecule has 0 aliphatic carbocycles. The monoisotopic (exact) mass is 366 g/mol. The number of hydrogen-bond acceptors (Lipinski definition) is 5. The van der Waals surface area contributed by atoms with Gasteiger partial charge in [-0.3, -0.25) is 4.79 Å². The van der Waals surface area contributed by atoms with Gasteiger partial charge in [0.05, 0.1) is 5.02 Å². The molecule has 0 fully saturated rings. The molecule has 0 bridgehead atoms. The van der Waals surface area contributed by atoms with E-state index < -0.39 is 0 Å². The van der Waals surface area contributed by atoms with Crippen molar-refractivity contribution in [2.24, 2.45) is 7.05 Å². The molecule has 0 N–H and O–H groups in total. The van der Waals surface area contributed by atoms with E-state index in [1.165, 1.54) is 11.3 Å². The van der Waals surface area contributed by atoms with Crippen LogP contribution in [-0.4, -0.2) is 25.1 Å². The fraction of sp³-hybridized carbons (Fsp3) is 0.267. The van der Waals surface area contributed by atoms with Crippen molar-refractivity contribution < 1.29 is 0 Å². The Kier molecular flexibility index (Phi) is 4.89. The summed E-state index contributed by atoms with van der Waals surface area (Å²) in [6.07, 6.45) is 0. The summed E-state index contributed by atoms with van der Waals surface area (Å²) < 4.78 is 3.71. The fourth-order valence-corrected chi connectivity index (χ4v) is 4.04. The highest BCUT2D eigenvalue weighted by molar-refractivity contribution is 7.99. The molecule has 0 aliphatic rings. The zero-order chi connectivity index (χ0) is 16.4. The molecule has 3 rings (SSSR count). The molecule has 8 heteroatoms. The molecule has 3 aromatic rings. The molecule has 5 nitrogen and oxygen atoms in total. The van der Waals surface area contributed by atoms with Crippen molar-refractivity contribution in [3.63, 3.8) is 0 Å². The van der Waals surface area contributed by atoms with E-state index in [-0.39, 0.29) is 4.87 Å². The molecule has 0 spiro atoms. The van der Waals surface area contributed by atoms with Gasteiger partial charge < -0.3 is 9.13 Å². The van der Waals surface area contributed by atoms with Crippen molar-refractivity contribution in [3.8, 4) is 11.4 Å². The first kappa shape index (κ1) is 16.3. The van der Waals surface area contributed by atoms with E-state index >= 15 is 0 Å². The lowest BCUT2D eigenvalue weighted by Crippen LogP contribution is -2.15. The molecule has 0 aliphatic heterocycles. The lowest BCUT2D eigenvalue weighted by atomic mass is 10.2. The van der Waals surface area contributed by atoms with Crippen LogP contribution in [0.3, 0.4) is 0 Å². The third-order valence-corrected chi connectivity index (χ3v) is 5.68. The van der Waals surface area contributed by atoms with E-state index in [1.807, 2.05) is 48.2 Å². The maximum Gasteiger partial charge on any atom is 0.307 e. The summed E-state index contributed by atoms with van der Waals surface area (Å²) in [5.41, 5.74) is 1.86. The SMILES string of the molecule is Cc1csc(=O)n1CCSc1nnc(-c2ccccc2Cl)n1C. The van der Waals surface area contributed by atoms with E-state index in [0.717, 1.165) is 28.0 Å². The third-order valence-electron chi connectivity index (χ3n) is 3.47. The number of thioether (sulfide) groups is 1. The van der Waals surface area contributed by atoms with Gasteiger partial charge in [0.2, 0.25) is 0 Å². The van der Waals surface area contributed by atoms with Crippen LogP contribution in [0.5, 0.6) is 0 Å². The van der Waals surface area contributed by atoms with E-state index in [1.54, 1.807) is 16.3 Å². The Hall–Kier alpha value is -1.57. The molecule has 23 heavy (non-hydrogen) atoms. The zero-order valence-corrected chi connectivity index (χ0v) is 15.1. The zero-order valence-electron chi connectivity index (χ0n) is 12.7. The van der Waals surface area contributed by atoms with Crippen LogP contribution in [0, 0.1) is 6.92 Å². The molecule has 0 saturated heterocycles. The topological polar surface area (TPSA) is 52.7 Å². The molecule has 1 aromatic carbocycles. The smallest absolute Gasteiger partial charge is 0.305 e. The molecule has 0 amide bonds. The maximum atomic E-state index is 11.7. The third kappa shape index (κ3) is 3.36. The standard InChI is InChI=1S/C15H15ClN4OS2/c1-10-9-23-15(21)20(10)7-8-22-14-18-17-13(19(14)2)11-5-3-4-6-12(11)16/h3-6,9H,7-8H2,1-2H3. The quantitative estimate of drug-likeness (QED) is 0.649. The highest BCUT2D eigenvalue weighted by Gasteiger charge is 2.13. The average Bonchev–Trinajstić information content (AvgIpc) is 3.05. The Labute approximate surface area is 146 Å². The lowest BCUT2D eigenvalue weighted by Gasteiger charge is -2.06. The number of rotatable bonds is 5. The number of aromatic nitrogens is 4. The molecule has 0 radical (unpaired) electrons. The van der Waals surface area contributed by atoms with E-state index in [9.17, 15) is 4.79 Å². The van der Waals surface area contributed by atoms with E-state index in [0.29, 0.717) is 11.6 Å². The van der Waals surface area contributed by atoms with Gasteiger partial charge in [-0.15, -0.1) is 10.2 Å². The van der Waals surface area contributed by atoms with E-state index in [4.69, 9.17) is 11.6 Å². The molecule has 0 saturated carbocycles. The number of halogens is 1. The van der Waals surface area contributed by atoms with Crippen LogP contribution in [0.4, 0.5) is 0 Å². The summed E-state index contributed by atoms with van der Waals surface area (Å²) in [6.45, 7) is 2.60. The van der Waals surface area contributed by atoms with Gasteiger partial charge in [0, 0.05) is 36.0 Å². The van der Waals surface area contributed by atoms with Crippen LogP contribution in [0.15, 0.2) is 39.6 Å². The van der Waals surface area contributed by atoms with Crippen LogP contribution < -0.4 is 4.87 Å². The van der Waals surface area contributed by atoms with E-state index in [2.05, 4.69) is 10.2 Å². The Morgan fingerprint density at radius 2 is 2.09 bits per heavy atom. The second-order valence-electron chi connectivity index (χ2n) is 4.99. The van der Waals surface area contributed by atoms with Crippen LogP contribution in [0.25, 0.3) is 11.4 Å². The minimum atomic E-state index is 0.0813. The average molecular weight is 367 g/mol. The predicted molar refractivity (Wildman–Crippen MR) is 95.5 cm³/mol. The second kappa shape index (κ2) is 6.90. The van der Waals surface area contributed by atoms with Gasteiger partial charge in [-0.05, 0) is 19.1 Å². The Morgan fingerprint density at radius 1 is 1.30 bits per heavy atom. The summed E-state index contributed by atoms with van der Waals surface area (Å²) in [7, 11) is 1.92. The van der Waals surface area contributed by atoms with Gasteiger partial charge in [0.1, 0.15) is 0 Å². The number of aryl methyl sites for hydroxylation is 1. The summed E-state index contributed by atoms with van der Waals surface area (Å²) in [5.74, 6) is 1.49. The number of benzene rings is 1. The molecule has 0 unspecified atom stereocenters. The summed E-state index contributed by atoms with van der Waals surface area (Å²) in [4.78, 5) is 11.8. The maximum absolute atomic E-state index is 11.7. The Morgan fingerprint density at radius 3 is 2.78 bits per heavy atom. The first-order valence-corrected chi connectivity index (χ1v) is 9.24. The lowest BCUT2D eigenvalue weighted by molar-refractivity contribution is 0.726. The highest BCUT2D eigenvalue weighted by atomic mass is 35.5. The minimum absolute atomic E-state index is 0.0813. The Balaban J connectivity index is 1.73. The normalized spacial score (nSPS) is 11.1. The van der Waals surface area contributed by atoms with Gasteiger partial charge in [0.15, 0.2) is 11.0 Å². The van der Waals surface area contributed by atoms with Gasteiger partial charge in [-0.2, -0.15) is 0 Å². The highest BCUT2D eigenvalue weighted by Crippen LogP contribution is 2.28. The number of hydrogen-bond donors (Lipinski definition) is 0. The van der Waals surface area contributed by atoms with Crippen molar-refractivity contribution in [1.82, 2.24) is 19.3 Å². The largest absolute Gasteiger partial charge is 0.307 e. The first-order chi connectivity index (χ1) is 11.1. The summed E-state index contributed by atoms with van der Waals surface area (Å²) >= 11 is 9.03. The van der Waals surface area contributed by atoms with Crippen LogP contribution in [0.2, 0.25) is 5.02 Å². The van der Waals surface area contributed by atoms with Crippen LogP contribution in [0.1, 0.15) is 5.69 Å². The van der Waals surface area contributed by atoms with Crippen LogP contribution >= 0.6 is 34.7 Å². The van der Waals surface area contributed by atoms with Crippen molar-refractivity contribution in [2.45, 2.75) is 18.6 Å². The molecular formula is C15H15ClN4OS2. The summed E-state index contributed by atoms with van der Waals surface area (Å²) in [6, 6.07) is 7.58. The molecule has 2 heterocycles. The fourth-order valence-electron chi connectivity index (χ4n) is 2.22. The summed E-state index contributed by atoms with van der Waals surface area (Å²) in [5, 5.41) is 11.8. The van der Waals surface area contributed by atoms with Crippen LogP contribution in [-0.2, 0) is 13.6 Å². The van der Waals surface area contributed by atoms with Gasteiger partial charge in [0.25, 0.3) is 0 Å². The molecule has 2 aromatic heterocycles. The van der Waals surface area contributed by atoms with Gasteiger partial charge in [-0.1, -0.05) is 46.8 Å². The Bertz CT molecular complexity index is 884. The van der Waals surface area contributed by atoms with Crippen molar-refractivity contribution >= 4 is 34.7 Å². The van der Waals surface area contributed by atoms with Crippen molar-refractivity contribution in [2.75, 3.05) is 5.75 Å². The van der Waals surface area contributed by atoms with Crippen molar-refractivity contribution in [1.29, 1.82) is 0 Å². The second-order valence-corrected chi connectivity index (χ2v) is 7.28.